The Kier molecular flexibility index (Phi) is 4.45. The lowest BCUT2D eigenvalue weighted by Gasteiger charge is -2.16. The lowest BCUT2D eigenvalue weighted by atomic mass is 10.1. The van der Waals surface area contributed by atoms with Gasteiger partial charge in [0.1, 0.15) is 6.61 Å². The number of hydrogen-bond acceptors (Lipinski definition) is 4. The molecule has 1 aromatic carbocycles. The van der Waals surface area contributed by atoms with Crippen LogP contribution in [0, 0.1) is 18.8 Å². The summed E-state index contributed by atoms with van der Waals surface area (Å²) in [7, 11) is -3.56. The molecule has 0 aromatic heterocycles. The molecule has 0 saturated carbocycles. The maximum atomic E-state index is 12.4. The van der Waals surface area contributed by atoms with Crippen molar-refractivity contribution in [1.82, 2.24) is 4.31 Å². The van der Waals surface area contributed by atoms with Gasteiger partial charge in [0.25, 0.3) is 0 Å². The van der Waals surface area contributed by atoms with Gasteiger partial charge < -0.3 is 10.2 Å². The number of hydrogen-bond donors (Lipinski definition) is 2. The van der Waals surface area contributed by atoms with Gasteiger partial charge in [-0.15, -0.1) is 0 Å². The van der Waals surface area contributed by atoms with Crippen LogP contribution in [0.1, 0.15) is 17.5 Å². The predicted octanol–water partition coefficient (Wildman–Crippen LogP) is 0.0941. The van der Waals surface area contributed by atoms with Crippen molar-refractivity contribution in [2.45, 2.75) is 24.3 Å². The molecule has 0 amide bonds. The minimum Gasteiger partial charge on any atom is -0.392 e. The van der Waals surface area contributed by atoms with E-state index in [9.17, 15) is 13.5 Å². The molecule has 1 aliphatic rings. The van der Waals surface area contributed by atoms with E-state index in [-0.39, 0.29) is 18.0 Å². The molecule has 0 radical (unpaired) electrons. The van der Waals surface area contributed by atoms with Crippen LogP contribution in [-0.2, 0) is 10.0 Å². The first-order valence-corrected chi connectivity index (χ1v) is 7.78. The fourth-order valence-corrected chi connectivity index (χ4v) is 3.73. The zero-order valence-corrected chi connectivity index (χ0v) is 12.0. The summed E-state index contributed by atoms with van der Waals surface area (Å²) < 4.78 is 26.1. The van der Waals surface area contributed by atoms with Crippen molar-refractivity contribution in [2.75, 3.05) is 19.7 Å². The molecule has 1 atom stereocenters. The lowest BCUT2D eigenvalue weighted by Crippen LogP contribution is -2.29. The molecule has 1 unspecified atom stereocenters. The maximum Gasteiger partial charge on any atom is 0.243 e. The van der Waals surface area contributed by atoms with E-state index in [2.05, 4.69) is 11.8 Å². The van der Waals surface area contributed by atoms with E-state index in [1.165, 1.54) is 10.4 Å². The third-order valence-corrected chi connectivity index (χ3v) is 5.13. The van der Waals surface area contributed by atoms with Gasteiger partial charge in [0.15, 0.2) is 0 Å². The SMILES string of the molecule is Cc1cc(S(=O)(=O)N2CCC(O)C2)ccc1C#CCO. The van der Waals surface area contributed by atoms with E-state index in [0.717, 1.165) is 5.56 Å². The van der Waals surface area contributed by atoms with Crippen LogP contribution in [0.3, 0.4) is 0 Å². The Balaban J connectivity index is 2.31. The van der Waals surface area contributed by atoms with E-state index in [1.807, 2.05) is 0 Å². The molecule has 2 N–H and O–H groups in total. The molecule has 0 spiro atoms. The van der Waals surface area contributed by atoms with Crippen LogP contribution in [0.5, 0.6) is 0 Å². The third kappa shape index (κ3) is 3.02. The summed E-state index contributed by atoms with van der Waals surface area (Å²) in [5.41, 5.74) is 1.44. The minimum absolute atomic E-state index is 0.146. The van der Waals surface area contributed by atoms with Crippen molar-refractivity contribution in [3.63, 3.8) is 0 Å². The average molecular weight is 295 g/mol. The summed E-state index contributed by atoms with van der Waals surface area (Å²) >= 11 is 0. The Hall–Kier alpha value is -1.39. The largest absolute Gasteiger partial charge is 0.392 e. The molecular weight excluding hydrogens is 278 g/mol. The zero-order valence-electron chi connectivity index (χ0n) is 11.2. The summed E-state index contributed by atoms with van der Waals surface area (Å²) in [5.74, 6) is 5.31. The summed E-state index contributed by atoms with van der Waals surface area (Å²) in [4.78, 5) is 0.207. The third-order valence-electron chi connectivity index (χ3n) is 3.26. The van der Waals surface area contributed by atoms with Gasteiger partial charge in [-0.1, -0.05) is 11.8 Å². The van der Waals surface area contributed by atoms with Crippen LogP contribution < -0.4 is 0 Å². The molecule has 2 rings (SSSR count). The number of aliphatic hydroxyl groups excluding tert-OH is 2. The molecule has 20 heavy (non-hydrogen) atoms. The number of nitrogens with zero attached hydrogens (tertiary/aromatic N) is 1. The van der Waals surface area contributed by atoms with Crippen molar-refractivity contribution >= 4 is 10.0 Å². The van der Waals surface area contributed by atoms with Crippen LogP contribution in [0.25, 0.3) is 0 Å². The molecular formula is C14H17NO4S. The summed E-state index contributed by atoms with van der Waals surface area (Å²) in [6, 6.07) is 4.72. The molecule has 1 fully saturated rings. The fourth-order valence-electron chi connectivity index (χ4n) is 2.15. The Bertz CT molecular complexity index is 657. The molecule has 5 nitrogen and oxygen atoms in total. The number of benzene rings is 1. The van der Waals surface area contributed by atoms with Crippen molar-refractivity contribution in [3.05, 3.63) is 29.3 Å². The van der Waals surface area contributed by atoms with E-state index < -0.39 is 16.1 Å². The quantitative estimate of drug-likeness (QED) is 0.758. The molecule has 0 bridgehead atoms. The summed E-state index contributed by atoms with van der Waals surface area (Å²) in [6.07, 6.45) is -0.112. The van der Waals surface area contributed by atoms with E-state index >= 15 is 0 Å². The highest BCUT2D eigenvalue weighted by Crippen LogP contribution is 2.22. The summed E-state index contributed by atoms with van der Waals surface area (Å²) in [5, 5.41) is 18.1. The average Bonchev–Trinajstić information content (AvgIpc) is 2.84. The van der Waals surface area contributed by atoms with Crippen LogP contribution in [0.15, 0.2) is 23.1 Å². The van der Waals surface area contributed by atoms with Gasteiger partial charge in [-0.05, 0) is 37.1 Å². The van der Waals surface area contributed by atoms with Gasteiger partial charge in [-0.3, -0.25) is 0 Å². The molecule has 6 heteroatoms. The molecule has 1 aliphatic heterocycles. The normalized spacial score (nSPS) is 19.6. The van der Waals surface area contributed by atoms with E-state index in [4.69, 9.17) is 5.11 Å². The number of aliphatic hydroxyl groups is 2. The smallest absolute Gasteiger partial charge is 0.243 e. The van der Waals surface area contributed by atoms with E-state index in [0.29, 0.717) is 18.5 Å². The maximum absolute atomic E-state index is 12.4. The number of rotatable bonds is 2. The van der Waals surface area contributed by atoms with Gasteiger partial charge in [0, 0.05) is 18.7 Å². The van der Waals surface area contributed by atoms with Crippen LogP contribution in [-0.4, -0.2) is 48.7 Å². The first kappa shape index (κ1) is 15.0. The standard InChI is InChI=1S/C14H17NO4S/c1-11-9-14(5-4-12(11)3-2-8-16)20(18,19)15-7-6-13(17)10-15/h4-5,9,13,16-17H,6-8,10H2,1H3. The Morgan fingerprint density at radius 3 is 2.75 bits per heavy atom. The molecule has 1 aromatic rings. The van der Waals surface area contributed by atoms with Gasteiger partial charge >= 0.3 is 0 Å². The fraction of sp³-hybridized carbons (Fsp3) is 0.429. The Morgan fingerprint density at radius 1 is 1.45 bits per heavy atom. The summed E-state index contributed by atoms with van der Waals surface area (Å²) in [6.45, 7) is 2.03. The lowest BCUT2D eigenvalue weighted by molar-refractivity contribution is 0.189. The van der Waals surface area contributed by atoms with E-state index in [1.54, 1.807) is 19.1 Å². The van der Waals surface area contributed by atoms with Crippen LogP contribution >= 0.6 is 0 Å². The van der Waals surface area contributed by atoms with Crippen molar-refractivity contribution in [3.8, 4) is 11.8 Å². The molecule has 1 heterocycles. The second kappa shape index (κ2) is 5.94. The van der Waals surface area contributed by atoms with Crippen molar-refractivity contribution in [2.24, 2.45) is 0 Å². The van der Waals surface area contributed by atoms with Crippen LogP contribution in [0.4, 0.5) is 0 Å². The highest BCUT2D eigenvalue weighted by atomic mass is 32.2. The second-order valence-corrected chi connectivity index (χ2v) is 6.68. The van der Waals surface area contributed by atoms with Gasteiger partial charge in [0.2, 0.25) is 10.0 Å². The topological polar surface area (TPSA) is 77.8 Å². The first-order chi connectivity index (χ1) is 9.45. The monoisotopic (exact) mass is 295 g/mol. The predicted molar refractivity (Wildman–Crippen MR) is 74.5 cm³/mol. The first-order valence-electron chi connectivity index (χ1n) is 6.33. The van der Waals surface area contributed by atoms with Crippen molar-refractivity contribution < 1.29 is 18.6 Å². The zero-order chi connectivity index (χ0) is 14.8. The van der Waals surface area contributed by atoms with Crippen LogP contribution in [0.2, 0.25) is 0 Å². The Labute approximate surface area is 118 Å². The molecule has 1 saturated heterocycles. The number of aryl methyl sites for hydroxylation is 1. The molecule has 108 valence electrons. The molecule has 0 aliphatic carbocycles. The highest BCUT2D eigenvalue weighted by Gasteiger charge is 2.31. The number of β-amino-alcohol motifs (C(OH)–C–C–N with tert-alkyl or cyclic N) is 1. The highest BCUT2D eigenvalue weighted by molar-refractivity contribution is 7.89. The van der Waals surface area contributed by atoms with Crippen molar-refractivity contribution in [1.29, 1.82) is 0 Å². The second-order valence-electron chi connectivity index (χ2n) is 4.74. The Morgan fingerprint density at radius 2 is 2.20 bits per heavy atom. The minimum atomic E-state index is -3.56. The van der Waals surface area contributed by atoms with Gasteiger partial charge in [-0.25, -0.2) is 8.42 Å². The van der Waals surface area contributed by atoms with Gasteiger partial charge in [0.05, 0.1) is 11.0 Å². The number of sulfonamides is 1. The van der Waals surface area contributed by atoms with Gasteiger partial charge in [-0.2, -0.15) is 4.31 Å².